The van der Waals surface area contributed by atoms with Gasteiger partial charge in [-0.2, -0.15) is 0 Å². The predicted octanol–water partition coefficient (Wildman–Crippen LogP) is 6.12. The first-order chi connectivity index (χ1) is 17.8. The van der Waals surface area contributed by atoms with Crippen LogP contribution in [0, 0.1) is 11.8 Å². The van der Waals surface area contributed by atoms with Crippen molar-refractivity contribution < 1.29 is 28.9 Å². The molecule has 3 aromatic rings. The first kappa shape index (κ1) is 27.8. The van der Waals surface area contributed by atoms with Crippen LogP contribution < -0.4 is 4.74 Å². The van der Waals surface area contributed by atoms with Gasteiger partial charge in [0.05, 0.1) is 25.0 Å². The van der Waals surface area contributed by atoms with Crippen LogP contribution in [0.2, 0.25) is 0 Å². The maximum absolute atomic E-state index is 12.2. The van der Waals surface area contributed by atoms with Gasteiger partial charge in [0.1, 0.15) is 18.1 Å². The van der Waals surface area contributed by atoms with Crippen LogP contribution in [-0.2, 0) is 38.5 Å². The third-order valence-electron chi connectivity index (χ3n) is 6.09. The number of aromatic hydroxyl groups is 1. The molecular formula is C31H36O6. The Morgan fingerprint density at radius 3 is 1.84 bits per heavy atom. The molecule has 196 valence electrons. The number of carbonyl (C=O) groups excluding carboxylic acids is 2. The van der Waals surface area contributed by atoms with Crippen LogP contribution in [0.25, 0.3) is 11.1 Å². The molecule has 0 aromatic heterocycles. The molecule has 1 N–H and O–H groups in total. The summed E-state index contributed by atoms with van der Waals surface area (Å²) in [5.41, 5.74) is 4.16. The van der Waals surface area contributed by atoms with Crippen molar-refractivity contribution >= 4 is 11.9 Å². The Bertz CT molecular complexity index is 1190. The molecule has 0 fully saturated rings. The van der Waals surface area contributed by atoms with Crippen LogP contribution in [0.15, 0.2) is 66.7 Å². The van der Waals surface area contributed by atoms with Gasteiger partial charge < -0.3 is 19.3 Å². The Morgan fingerprint density at radius 1 is 0.730 bits per heavy atom. The molecule has 0 amide bonds. The molecule has 6 heteroatoms. The highest BCUT2D eigenvalue weighted by atomic mass is 16.5. The highest BCUT2D eigenvalue weighted by Gasteiger charge is 2.19. The minimum Gasteiger partial charge on any atom is -0.507 e. The van der Waals surface area contributed by atoms with Gasteiger partial charge in [0.25, 0.3) is 0 Å². The Morgan fingerprint density at radius 2 is 1.27 bits per heavy atom. The van der Waals surface area contributed by atoms with E-state index in [1.807, 2.05) is 74.5 Å². The van der Waals surface area contributed by atoms with Crippen LogP contribution in [0.3, 0.4) is 0 Å². The fourth-order valence-corrected chi connectivity index (χ4v) is 4.14. The SMILES string of the molecule is CCOC(=O)C(C)Cc1ccc(O)c(-c2cc(CC(C)C(=O)OCC)ccc2OCc2ccccc2)c1. The fourth-order valence-electron chi connectivity index (χ4n) is 4.14. The van der Waals surface area contributed by atoms with Gasteiger partial charge in [-0.1, -0.05) is 56.3 Å². The molecular weight excluding hydrogens is 468 g/mol. The van der Waals surface area contributed by atoms with Gasteiger partial charge in [0, 0.05) is 11.1 Å². The lowest BCUT2D eigenvalue weighted by atomic mass is 9.93. The summed E-state index contributed by atoms with van der Waals surface area (Å²) in [7, 11) is 0. The molecule has 0 heterocycles. The number of hydrogen-bond donors (Lipinski definition) is 1. The second-order valence-corrected chi connectivity index (χ2v) is 9.17. The summed E-state index contributed by atoms with van der Waals surface area (Å²) in [6, 6.07) is 20.9. The standard InChI is InChI=1S/C31H36O6/c1-5-35-30(33)21(3)16-24-12-14-28(32)26(18-24)27-19-25(17-22(4)31(34)36-6-2)13-15-29(27)37-20-23-10-8-7-9-11-23/h7-15,18-19,21-22,32H,5-6,16-17,20H2,1-4H3. The first-order valence-electron chi connectivity index (χ1n) is 12.8. The van der Waals surface area contributed by atoms with Gasteiger partial charge in [0.2, 0.25) is 0 Å². The molecule has 3 rings (SSSR count). The van der Waals surface area contributed by atoms with E-state index < -0.39 is 0 Å². The second kappa shape index (κ2) is 13.5. The van der Waals surface area contributed by atoms with Gasteiger partial charge >= 0.3 is 11.9 Å². The normalized spacial score (nSPS) is 12.4. The predicted molar refractivity (Wildman–Crippen MR) is 143 cm³/mol. The van der Waals surface area contributed by atoms with Gasteiger partial charge in [-0.3, -0.25) is 9.59 Å². The molecule has 0 spiro atoms. The van der Waals surface area contributed by atoms with E-state index >= 15 is 0 Å². The van der Waals surface area contributed by atoms with E-state index in [4.69, 9.17) is 14.2 Å². The molecule has 37 heavy (non-hydrogen) atoms. The maximum Gasteiger partial charge on any atom is 0.308 e. The summed E-state index contributed by atoms with van der Waals surface area (Å²) in [5.74, 6) is -0.405. The molecule has 0 radical (unpaired) electrons. The molecule has 0 aliphatic rings. The lowest BCUT2D eigenvalue weighted by Gasteiger charge is -2.17. The van der Waals surface area contributed by atoms with Crippen molar-refractivity contribution in [1.82, 2.24) is 0 Å². The van der Waals surface area contributed by atoms with E-state index in [1.54, 1.807) is 19.9 Å². The number of benzene rings is 3. The molecule has 0 saturated heterocycles. The number of carbonyl (C=O) groups is 2. The minimum absolute atomic E-state index is 0.104. The van der Waals surface area contributed by atoms with Gasteiger partial charge in [-0.05, 0) is 67.6 Å². The topological polar surface area (TPSA) is 82.1 Å². The Balaban J connectivity index is 1.95. The van der Waals surface area contributed by atoms with Crippen LogP contribution in [0.5, 0.6) is 11.5 Å². The molecule has 0 bridgehead atoms. The molecule has 0 aliphatic carbocycles. The molecule has 3 aromatic carbocycles. The highest BCUT2D eigenvalue weighted by molar-refractivity contribution is 5.78. The number of hydrogen-bond acceptors (Lipinski definition) is 6. The van der Waals surface area contributed by atoms with Crippen molar-refractivity contribution in [2.45, 2.75) is 47.1 Å². The third kappa shape index (κ3) is 7.84. The number of ether oxygens (including phenoxy) is 3. The lowest BCUT2D eigenvalue weighted by Crippen LogP contribution is -2.17. The summed E-state index contributed by atoms with van der Waals surface area (Å²) in [4.78, 5) is 24.4. The monoisotopic (exact) mass is 504 g/mol. The summed E-state index contributed by atoms with van der Waals surface area (Å²) in [6.45, 7) is 8.29. The highest BCUT2D eigenvalue weighted by Crippen LogP contribution is 2.38. The summed E-state index contributed by atoms with van der Waals surface area (Å²) in [6.07, 6.45) is 0.969. The molecule has 6 nitrogen and oxygen atoms in total. The average Bonchev–Trinajstić information content (AvgIpc) is 2.89. The van der Waals surface area contributed by atoms with E-state index in [2.05, 4.69) is 0 Å². The van der Waals surface area contributed by atoms with Gasteiger partial charge in [-0.15, -0.1) is 0 Å². The largest absolute Gasteiger partial charge is 0.507 e. The van der Waals surface area contributed by atoms with Crippen LogP contribution in [-0.4, -0.2) is 30.3 Å². The average molecular weight is 505 g/mol. The van der Waals surface area contributed by atoms with E-state index in [1.165, 1.54) is 0 Å². The smallest absolute Gasteiger partial charge is 0.308 e. The molecule has 0 saturated carbocycles. The number of phenolic OH excluding ortho intramolecular Hbond substituents is 1. The minimum atomic E-state index is -0.317. The summed E-state index contributed by atoms with van der Waals surface area (Å²) >= 11 is 0. The van der Waals surface area contributed by atoms with Crippen molar-refractivity contribution in [3.63, 3.8) is 0 Å². The third-order valence-corrected chi connectivity index (χ3v) is 6.09. The molecule has 0 aliphatic heterocycles. The summed E-state index contributed by atoms with van der Waals surface area (Å²) in [5, 5.41) is 10.8. The maximum atomic E-state index is 12.2. The molecule has 2 atom stereocenters. The van der Waals surface area contributed by atoms with Gasteiger partial charge in [-0.25, -0.2) is 0 Å². The van der Waals surface area contributed by atoms with E-state index in [0.29, 0.717) is 49.5 Å². The zero-order chi connectivity index (χ0) is 26.8. The van der Waals surface area contributed by atoms with E-state index in [0.717, 1.165) is 16.7 Å². The zero-order valence-corrected chi connectivity index (χ0v) is 22.0. The molecule has 2 unspecified atom stereocenters. The van der Waals surface area contributed by atoms with Crippen LogP contribution >= 0.6 is 0 Å². The lowest BCUT2D eigenvalue weighted by molar-refractivity contribution is -0.148. The summed E-state index contributed by atoms with van der Waals surface area (Å²) < 4.78 is 16.5. The van der Waals surface area contributed by atoms with Crippen molar-refractivity contribution in [1.29, 1.82) is 0 Å². The Kier molecular flexibility index (Phi) is 10.1. The fraction of sp³-hybridized carbons (Fsp3) is 0.355. The van der Waals surface area contributed by atoms with Crippen molar-refractivity contribution in [3.8, 4) is 22.6 Å². The van der Waals surface area contributed by atoms with Crippen LogP contribution in [0.4, 0.5) is 0 Å². The second-order valence-electron chi connectivity index (χ2n) is 9.17. The van der Waals surface area contributed by atoms with Gasteiger partial charge in [0.15, 0.2) is 0 Å². The quantitative estimate of drug-likeness (QED) is 0.299. The number of phenols is 1. The Hall–Kier alpha value is -3.80. The van der Waals surface area contributed by atoms with E-state index in [9.17, 15) is 14.7 Å². The number of rotatable bonds is 12. The van der Waals surface area contributed by atoms with Crippen LogP contribution in [0.1, 0.15) is 44.4 Å². The Labute approximate surface area is 219 Å². The number of esters is 2. The van der Waals surface area contributed by atoms with Crippen molar-refractivity contribution in [3.05, 3.63) is 83.4 Å². The van der Waals surface area contributed by atoms with E-state index in [-0.39, 0.29) is 29.5 Å². The first-order valence-corrected chi connectivity index (χ1v) is 12.8. The zero-order valence-electron chi connectivity index (χ0n) is 22.0. The van der Waals surface area contributed by atoms with Crippen molar-refractivity contribution in [2.24, 2.45) is 11.8 Å². The van der Waals surface area contributed by atoms with Crippen molar-refractivity contribution in [2.75, 3.05) is 13.2 Å².